The SMILES string of the molecule is CCCCCOC(=O)c1c(C(=O)c2ccccc2)c(O)c(O)c(OC(=O)c2ccccc2)c1C(=O)c1ccccc1C(C)=O. The molecule has 44 heavy (non-hydrogen) atoms. The van der Waals surface area contributed by atoms with Crippen molar-refractivity contribution in [2.75, 3.05) is 6.61 Å². The molecule has 0 bridgehead atoms. The van der Waals surface area contributed by atoms with Gasteiger partial charge in [0, 0.05) is 16.7 Å². The van der Waals surface area contributed by atoms with Gasteiger partial charge in [-0.1, -0.05) is 92.6 Å². The van der Waals surface area contributed by atoms with Crippen molar-refractivity contribution >= 4 is 29.3 Å². The lowest BCUT2D eigenvalue weighted by Gasteiger charge is -2.20. The lowest BCUT2D eigenvalue weighted by atomic mass is 9.87. The van der Waals surface area contributed by atoms with E-state index in [0.717, 1.165) is 12.8 Å². The third-order valence-electron chi connectivity index (χ3n) is 6.83. The molecule has 0 atom stereocenters. The highest BCUT2D eigenvalue weighted by Crippen LogP contribution is 2.46. The standard InChI is InChI=1S/C35H30O9/c1-3-4-13-20-43-35(42)26-27(29(37)22-14-7-5-8-15-22)31(39)32(40)33(44-34(41)23-16-9-6-10-17-23)28(26)30(38)25-19-12-11-18-24(25)21(2)36/h5-12,14-19,39-40H,3-4,13,20H2,1-2H3. The van der Waals surface area contributed by atoms with Crippen molar-refractivity contribution in [2.45, 2.75) is 33.1 Å². The Kier molecular flexibility index (Phi) is 10.0. The first-order chi connectivity index (χ1) is 21.2. The average molecular weight is 595 g/mol. The summed E-state index contributed by atoms with van der Waals surface area (Å²) in [5, 5.41) is 22.4. The molecule has 0 aliphatic rings. The third kappa shape index (κ3) is 6.57. The molecular formula is C35H30O9. The Morgan fingerprint density at radius 2 is 1.18 bits per heavy atom. The summed E-state index contributed by atoms with van der Waals surface area (Å²) in [6.07, 6.45) is 2.02. The van der Waals surface area contributed by atoms with E-state index in [9.17, 15) is 34.2 Å². The summed E-state index contributed by atoms with van der Waals surface area (Å²) in [6, 6.07) is 20.9. The molecule has 0 aromatic heterocycles. The van der Waals surface area contributed by atoms with Crippen LogP contribution < -0.4 is 4.74 Å². The monoisotopic (exact) mass is 594 g/mol. The molecular weight excluding hydrogens is 564 g/mol. The van der Waals surface area contributed by atoms with Gasteiger partial charge in [-0.2, -0.15) is 0 Å². The largest absolute Gasteiger partial charge is 0.504 e. The zero-order chi connectivity index (χ0) is 31.8. The maximum Gasteiger partial charge on any atom is 0.343 e. The van der Waals surface area contributed by atoms with Crippen LogP contribution in [-0.2, 0) is 4.74 Å². The van der Waals surface area contributed by atoms with E-state index in [1.807, 2.05) is 6.92 Å². The highest BCUT2D eigenvalue weighted by Gasteiger charge is 2.38. The first-order valence-corrected chi connectivity index (χ1v) is 14.0. The van der Waals surface area contributed by atoms with Crippen LogP contribution in [0.5, 0.6) is 17.2 Å². The fraction of sp³-hybridized carbons (Fsp3) is 0.171. The van der Waals surface area contributed by atoms with E-state index >= 15 is 0 Å². The number of unbranched alkanes of at least 4 members (excludes halogenated alkanes) is 2. The number of carbonyl (C=O) groups is 5. The van der Waals surface area contributed by atoms with Crippen LogP contribution in [-0.4, -0.2) is 46.1 Å². The van der Waals surface area contributed by atoms with Crippen LogP contribution in [0.2, 0.25) is 0 Å². The fourth-order valence-corrected chi connectivity index (χ4v) is 4.61. The first kappa shape index (κ1) is 31.4. The molecule has 2 N–H and O–H groups in total. The summed E-state index contributed by atoms with van der Waals surface area (Å²) in [4.78, 5) is 67.6. The highest BCUT2D eigenvalue weighted by atomic mass is 16.5. The molecule has 9 heteroatoms. The number of carbonyl (C=O) groups excluding carboxylic acids is 5. The van der Waals surface area contributed by atoms with Crippen LogP contribution in [0.3, 0.4) is 0 Å². The minimum atomic E-state index is -1.17. The molecule has 0 aliphatic heterocycles. The van der Waals surface area contributed by atoms with Gasteiger partial charge in [-0.25, -0.2) is 9.59 Å². The number of aromatic hydroxyl groups is 2. The van der Waals surface area contributed by atoms with E-state index in [1.165, 1.54) is 55.5 Å². The lowest BCUT2D eigenvalue weighted by molar-refractivity contribution is 0.0489. The van der Waals surface area contributed by atoms with E-state index in [-0.39, 0.29) is 28.9 Å². The number of hydrogen-bond donors (Lipinski definition) is 2. The third-order valence-corrected chi connectivity index (χ3v) is 6.83. The molecule has 0 unspecified atom stereocenters. The molecule has 0 amide bonds. The zero-order valence-electron chi connectivity index (χ0n) is 24.2. The minimum Gasteiger partial charge on any atom is -0.504 e. The number of hydrogen-bond acceptors (Lipinski definition) is 9. The Morgan fingerprint density at radius 3 is 1.77 bits per heavy atom. The van der Waals surface area contributed by atoms with Gasteiger partial charge in [0.2, 0.25) is 5.75 Å². The van der Waals surface area contributed by atoms with Gasteiger partial charge in [-0.3, -0.25) is 14.4 Å². The zero-order valence-corrected chi connectivity index (χ0v) is 24.2. The quantitative estimate of drug-likeness (QED) is 0.0632. The Hall–Kier alpha value is -5.57. The molecule has 9 nitrogen and oxygen atoms in total. The number of rotatable bonds is 12. The van der Waals surface area contributed by atoms with Crippen molar-refractivity contribution in [1.29, 1.82) is 0 Å². The van der Waals surface area contributed by atoms with E-state index in [2.05, 4.69) is 0 Å². The molecule has 0 saturated heterocycles. The van der Waals surface area contributed by atoms with Crippen LogP contribution in [0.25, 0.3) is 0 Å². The summed E-state index contributed by atoms with van der Waals surface area (Å²) < 4.78 is 10.9. The molecule has 4 aromatic rings. The predicted molar refractivity (Wildman–Crippen MR) is 161 cm³/mol. The Morgan fingerprint density at radius 1 is 0.614 bits per heavy atom. The number of Topliss-reactive ketones (excluding diaryl/α,β-unsaturated/α-hetero) is 1. The Labute approximate surface area is 253 Å². The van der Waals surface area contributed by atoms with Gasteiger partial charge in [0.05, 0.1) is 28.9 Å². The molecule has 0 saturated carbocycles. The van der Waals surface area contributed by atoms with Gasteiger partial charge in [0.25, 0.3) is 0 Å². The molecule has 0 radical (unpaired) electrons. The van der Waals surface area contributed by atoms with E-state index in [0.29, 0.717) is 6.42 Å². The molecule has 4 aromatic carbocycles. The Bertz CT molecular complexity index is 1720. The summed E-state index contributed by atoms with van der Waals surface area (Å²) >= 11 is 0. The van der Waals surface area contributed by atoms with Crippen LogP contribution in [0.1, 0.15) is 96.0 Å². The molecule has 0 aliphatic carbocycles. The second kappa shape index (κ2) is 14.1. The molecule has 4 rings (SSSR count). The van der Waals surface area contributed by atoms with Gasteiger partial charge >= 0.3 is 11.9 Å². The van der Waals surface area contributed by atoms with Gasteiger partial charge in [-0.15, -0.1) is 0 Å². The molecule has 0 spiro atoms. The normalized spacial score (nSPS) is 10.6. The summed E-state index contributed by atoms with van der Waals surface area (Å²) in [6.45, 7) is 3.11. The van der Waals surface area contributed by atoms with Gasteiger partial charge in [0.15, 0.2) is 28.8 Å². The lowest BCUT2D eigenvalue weighted by Crippen LogP contribution is -2.22. The number of ether oxygens (including phenoxy) is 2. The van der Waals surface area contributed by atoms with Crippen LogP contribution in [0.15, 0.2) is 84.9 Å². The van der Waals surface area contributed by atoms with Crippen LogP contribution in [0.4, 0.5) is 0 Å². The average Bonchev–Trinajstić information content (AvgIpc) is 3.05. The maximum absolute atomic E-state index is 14.3. The van der Waals surface area contributed by atoms with E-state index < -0.39 is 63.2 Å². The maximum atomic E-state index is 14.3. The van der Waals surface area contributed by atoms with Crippen molar-refractivity contribution in [3.63, 3.8) is 0 Å². The smallest absolute Gasteiger partial charge is 0.343 e. The van der Waals surface area contributed by atoms with Crippen molar-refractivity contribution in [2.24, 2.45) is 0 Å². The second-order valence-corrected chi connectivity index (χ2v) is 9.88. The predicted octanol–water partition coefficient (Wildman–Crippen LogP) is 6.33. The summed E-state index contributed by atoms with van der Waals surface area (Å²) in [5.41, 5.74) is -2.33. The fourth-order valence-electron chi connectivity index (χ4n) is 4.61. The van der Waals surface area contributed by atoms with Gasteiger partial charge in [0.1, 0.15) is 0 Å². The summed E-state index contributed by atoms with van der Waals surface area (Å²) in [5.74, 6) is -7.70. The number of esters is 2. The summed E-state index contributed by atoms with van der Waals surface area (Å²) in [7, 11) is 0. The first-order valence-electron chi connectivity index (χ1n) is 14.0. The molecule has 0 heterocycles. The van der Waals surface area contributed by atoms with Crippen molar-refractivity contribution in [3.8, 4) is 17.2 Å². The second-order valence-electron chi connectivity index (χ2n) is 9.88. The Balaban J connectivity index is 2.06. The number of phenols is 2. The van der Waals surface area contributed by atoms with Crippen molar-refractivity contribution in [3.05, 3.63) is 124 Å². The van der Waals surface area contributed by atoms with E-state index in [4.69, 9.17) is 9.47 Å². The van der Waals surface area contributed by atoms with Crippen molar-refractivity contribution < 1.29 is 43.7 Å². The topological polar surface area (TPSA) is 144 Å². The van der Waals surface area contributed by atoms with Crippen LogP contribution in [0, 0.1) is 0 Å². The molecule has 0 fully saturated rings. The highest BCUT2D eigenvalue weighted by molar-refractivity contribution is 6.25. The number of ketones is 3. The number of benzene rings is 4. The van der Waals surface area contributed by atoms with E-state index in [1.54, 1.807) is 36.4 Å². The molecule has 224 valence electrons. The van der Waals surface area contributed by atoms with Gasteiger partial charge in [-0.05, 0) is 25.5 Å². The van der Waals surface area contributed by atoms with Crippen LogP contribution >= 0.6 is 0 Å². The van der Waals surface area contributed by atoms with Gasteiger partial charge < -0.3 is 19.7 Å². The number of phenolic OH excluding ortho intramolecular Hbond substituents is 2. The minimum absolute atomic E-state index is 0.0244. The van der Waals surface area contributed by atoms with Crippen molar-refractivity contribution in [1.82, 2.24) is 0 Å².